The second-order valence-corrected chi connectivity index (χ2v) is 6.04. The lowest BCUT2D eigenvalue weighted by Gasteiger charge is -2.12. The van der Waals surface area contributed by atoms with Crippen molar-refractivity contribution in [1.29, 1.82) is 0 Å². The van der Waals surface area contributed by atoms with E-state index in [0.717, 1.165) is 16.5 Å². The van der Waals surface area contributed by atoms with Crippen molar-refractivity contribution >= 4 is 29.6 Å². The van der Waals surface area contributed by atoms with E-state index < -0.39 is 24.4 Å². The average molecular weight is 367 g/mol. The number of hydrogen-bond acceptors (Lipinski definition) is 5. The zero-order valence-corrected chi connectivity index (χ0v) is 14.4. The zero-order valence-electron chi connectivity index (χ0n) is 14.4. The van der Waals surface area contributed by atoms with Crippen LogP contribution in [0.2, 0.25) is 0 Å². The molecule has 0 unspecified atom stereocenters. The minimum atomic E-state index is -0.732. The summed E-state index contributed by atoms with van der Waals surface area (Å²) in [5.41, 5.74) is 1.69. The summed E-state index contributed by atoms with van der Waals surface area (Å²) in [4.78, 5) is 37.4. The maximum absolute atomic E-state index is 12.4. The number of nitrogens with one attached hydrogen (secondary N) is 2. The molecule has 1 fully saturated rings. The largest absolute Gasteiger partial charge is 0.508 e. The van der Waals surface area contributed by atoms with Crippen molar-refractivity contribution < 1.29 is 24.6 Å². The van der Waals surface area contributed by atoms with Crippen LogP contribution in [0.3, 0.4) is 0 Å². The Kier molecular flexibility index (Phi) is 4.80. The molecule has 1 aliphatic heterocycles. The predicted molar refractivity (Wildman–Crippen MR) is 97.8 cm³/mol. The molecule has 4 N–H and O–H groups in total. The third-order valence-corrected chi connectivity index (χ3v) is 3.88. The van der Waals surface area contributed by atoms with Crippen LogP contribution in [-0.2, 0) is 9.59 Å². The lowest BCUT2D eigenvalue weighted by atomic mass is 10.1. The van der Waals surface area contributed by atoms with Gasteiger partial charge in [0.15, 0.2) is 0 Å². The maximum atomic E-state index is 12.4. The van der Waals surface area contributed by atoms with E-state index in [1.54, 1.807) is 18.2 Å². The fourth-order valence-corrected chi connectivity index (χ4v) is 2.59. The number of rotatable bonds is 4. The number of phenolic OH excluding ortho intramolecular Hbond substituents is 2. The summed E-state index contributed by atoms with van der Waals surface area (Å²) in [5, 5.41) is 24.1. The first-order valence-corrected chi connectivity index (χ1v) is 8.06. The number of benzene rings is 2. The predicted octanol–water partition coefficient (Wildman–Crippen LogP) is 1.94. The van der Waals surface area contributed by atoms with Crippen molar-refractivity contribution in [2.45, 2.75) is 6.92 Å². The van der Waals surface area contributed by atoms with Gasteiger partial charge in [0.25, 0.3) is 5.91 Å². The number of carbonyl (C=O) groups is 3. The van der Waals surface area contributed by atoms with Crippen molar-refractivity contribution in [3.05, 3.63) is 59.3 Å². The number of urea groups is 1. The molecule has 4 amide bonds. The first kappa shape index (κ1) is 18.0. The Morgan fingerprint density at radius 3 is 2.67 bits per heavy atom. The van der Waals surface area contributed by atoms with E-state index in [2.05, 4.69) is 10.6 Å². The number of nitrogens with zero attached hydrogens (tertiary/aromatic N) is 1. The molecule has 138 valence electrons. The van der Waals surface area contributed by atoms with Crippen LogP contribution in [0.25, 0.3) is 6.08 Å². The molecule has 2 aromatic carbocycles. The van der Waals surface area contributed by atoms with Crippen molar-refractivity contribution in [1.82, 2.24) is 10.2 Å². The third-order valence-electron chi connectivity index (χ3n) is 3.88. The summed E-state index contributed by atoms with van der Waals surface area (Å²) >= 11 is 0. The van der Waals surface area contributed by atoms with Crippen molar-refractivity contribution in [2.24, 2.45) is 0 Å². The third kappa shape index (κ3) is 4.06. The number of imide groups is 1. The van der Waals surface area contributed by atoms with Crippen LogP contribution in [0, 0.1) is 6.92 Å². The second kappa shape index (κ2) is 7.20. The van der Waals surface area contributed by atoms with Crippen LogP contribution in [-0.4, -0.2) is 39.5 Å². The van der Waals surface area contributed by atoms with Gasteiger partial charge in [-0.3, -0.25) is 9.59 Å². The molecule has 8 heteroatoms. The van der Waals surface area contributed by atoms with E-state index >= 15 is 0 Å². The van der Waals surface area contributed by atoms with Gasteiger partial charge in [-0.25, -0.2) is 9.69 Å². The van der Waals surface area contributed by atoms with Crippen LogP contribution in [0.15, 0.2) is 48.2 Å². The van der Waals surface area contributed by atoms with Crippen molar-refractivity contribution in [2.75, 3.05) is 11.9 Å². The van der Waals surface area contributed by atoms with Gasteiger partial charge in [-0.2, -0.15) is 0 Å². The molecular weight excluding hydrogens is 350 g/mol. The minimum Gasteiger partial charge on any atom is -0.508 e. The zero-order chi connectivity index (χ0) is 19.6. The van der Waals surface area contributed by atoms with Gasteiger partial charge in [0.05, 0.1) is 0 Å². The highest BCUT2D eigenvalue weighted by Crippen LogP contribution is 2.25. The SMILES string of the molecule is Cc1cccc(NC(=O)CN2C(=O)N/C(=C\c3ccc(O)cc3O)C2=O)c1. The number of amides is 4. The molecule has 27 heavy (non-hydrogen) atoms. The molecular formula is C19H17N3O5. The molecule has 0 atom stereocenters. The molecule has 0 aromatic heterocycles. The Morgan fingerprint density at radius 2 is 1.96 bits per heavy atom. The highest BCUT2D eigenvalue weighted by Gasteiger charge is 2.35. The average Bonchev–Trinajstić information content (AvgIpc) is 2.85. The Morgan fingerprint density at radius 1 is 1.19 bits per heavy atom. The van der Waals surface area contributed by atoms with Crippen LogP contribution in [0.5, 0.6) is 11.5 Å². The first-order chi connectivity index (χ1) is 12.8. The molecule has 1 heterocycles. The normalized spacial score (nSPS) is 15.1. The molecule has 0 bridgehead atoms. The molecule has 2 aromatic rings. The summed E-state index contributed by atoms with van der Waals surface area (Å²) in [6.45, 7) is 1.43. The molecule has 0 radical (unpaired) electrons. The molecule has 0 aliphatic carbocycles. The summed E-state index contributed by atoms with van der Waals surface area (Å²) in [7, 11) is 0. The molecule has 0 spiro atoms. The van der Waals surface area contributed by atoms with Gasteiger partial charge in [0, 0.05) is 17.3 Å². The maximum Gasteiger partial charge on any atom is 0.329 e. The Bertz CT molecular complexity index is 968. The van der Waals surface area contributed by atoms with E-state index in [4.69, 9.17) is 0 Å². The number of aryl methyl sites for hydroxylation is 1. The van der Waals surface area contributed by atoms with Crippen LogP contribution in [0.1, 0.15) is 11.1 Å². The minimum absolute atomic E-state index is 0.0793. The molecule has 0 saturated carbocycles. The monoisotopic (exact) mass is 367 g/mol. The molecule has 8 nitrogen and oxygen atoms in total. The summed E-state index contributed by atoms with van der Waals surface area (Å²) in [5.74, 6) is -1.59. The molecule has 3 rings (SSSR count). The van der Waals surface area contributed by atoms with Crippen molar-refractivity contribution in [3.8, 4) is 11.5 Å². The second-order valence-electron chi connectivity index (χ2n) is 6.04. The van der Waals surface area contributed by atoms with E-state index in [9.17, 15) is 24.6 Å². The fourth-order valence-electron chi connectivity index (χ4n) is 2.59. The Hall–Kier alpha value is -3.81. The van der Waals surface area contributed by atoms with Gasteiger partial charge in [-0.1, -0.05) is 12.1 Å². The first-order valence-electron chi connectivity index (χ1n) is 8.06. The smallest absolute Gasteiger partial charge is 0.329 e. The van der Waals surface area contributed by atoms with Gasteiger partial charge < -0.3 is 20.8 Å². The standard InChI is InChI=1S/C19H17N3O5/c1-11-3-2-4-13(7-11)20-17(25)10-22-18(26)15(21-19(22)27)8-12-5-6-14(23)9-16(12)24/h2-9,23-24H,10H2,1H3,(H,20,25)(H,21,27)/b15-8-. The van der Waals surface area contributed by atoms with Gasteiger partial charge in [-0.05, 0) is 42.8 Å². The number of anilines is 1. The lowest BCUT2D eigenvalue weighted by molar-refractivity contribution is -0.127. The van der Waals surface area contributed by atoms with Crippen LogP contribution in [0.4, 0.5) is 10.5 Å². The number of aromatic hydroxyl groups is 2. The number of phenols is 2. The number of carbonyl (C=O) groups excluding carboxylic acids is 3. The quantitative estimate of drug-likeness (QED) is 0.486. The number of hydrogen-bond donors (Lipinski definition) is 4. The van der Waals surface area contributed by atoms with Crippen LogP contribution < -0.4 is 10.6 Å². The van der Waals surface area contributed by atoms with Gasteiger partial charge in [-0.15, -0.1) is 0 Å². The van der Waals surface area contributed by atoms with Gasteiger partial charge in [0.1, 0.15) is 23.7 Å². The highest BCUT2D eigenvalue weighted by molar-refractivity contribution is 6.16. The molecule has 1 saturated heterocycles. The van der Waals surface area contributed by atoms with E-state index in [-0.39, 0.29) is 22.8 Å². The summed E-state index contributed by atoms with van der Waals surface area (Å²) in [6, 6.07) is 10.2. The van der Waals surface area contributed by atoms with Gasteiger partial charge >= 0.3 is 6.03 Å². The van der Waals surface area contributed by atoms with Crippen LogP contribution >= 0.6 is 0 Å². The Balaban J connectivity index is 1.72. The fraction of sp³-hybridized carbons (Fsp3) is 0.105. The molecule has 1 aliphatic rings. The van der Waals surface area contributed by atoms with Crippen molar-refractivity contribution in [3.63, 3.8) is 0 Å². The summed E-state index contributed by atoms with van der Waals surface area (Å²) < 4.78 is 0. The Labute approximate surface area is 154 Å². The summed E-state index contributed by atoms with van der Waals surface area (Å²) in [6.07, 6.45) is 1.27. The topological polar surface area (TPSA) is 119 Å². The van der Waals surface area contributed by atoms with E-state index in [1.165, 1.54) is 18.2 Å². The lowest BCUT2D eigenvalue weighted by Crippen LogP contribution is -2.38. The van der Waals surface area contributed by atoms with Gasteiger partial charge in [0.2, 0.25) is 5.91 Å². The van der Waals surface area contributed by atoms with E-state index in [1.807, 2.05) is 13.0 Å². The highest BCUT2D eigenvalue weighted by atomic mass is 16.3. The van der Waals surface area contributed by atoms with E-state index in [0.29, 0.717) is 5.69 Å².